The molecule has 0 fully saturated rings. The van der Waals surface area contributed by atoms with Crippen molar-refractivity contribution in [3.8, 4) is 5.88 Å². The van der Waals surface area contributed by atoms with Crippen molar-refractivity contribution in [2.45, 2.75) is 59.4 Å². The van der Waals surface area contributed by atoms with Gasteiger partial charge in [-0.15, -0.1) is 0 Å². The number of imidazole rings is 1. The van der Waals surface area contributed by atoms with Crippen LogP contribution < -0.4 is 4.74 Å². The topological polar surface area (TPSA) is 70.4 Å². The van der Waals surface area contributed by atoms with Crippen molar-refractivity contribution in [1.82, 2.24) is 9.55 Å². The van der Waals surface area contributed by atoms with E-state index in [0.29, 0.717) is 11.6 Å². The van der Waals surface area contributed by atoms with E-state index in [-0.39, 0.29) is 25.3 Å². The lowest BCUT2D eigenvalue weighted by molar-refractivity contribution is -0.167. The summed E-state index contributed by atoms with van der Waals surface area (Å²) in [5.41, 5.74) is 0.270. The smallest absolute Gasteiger partial charge is 0.330 e. The molecule has 3 aromatic rings. The van der Waals surface area contributed by atoms with Crippen LogP contribution in [-0.4, -0.2) is 28.1 Å². The summed E-state index contributed by atoms with van der Waals surface area (Å²) in [6, 6.07) is 17.0. The second kappa shape index (κ2) is 12.5. The fourth-order valence-electron chi connectivity index (χ4n) is 4.03. The van der Waals surface area contributed by atoms with Crippen LogP contribution >= 0.6 is 11.6 Å². The number of aryl methyl sites for hydroxylation is 1. The molecule has 0 amide bonds. The van der Waals surface area contributed by atoms with Crippen molar-refractivity contribution in [3.05, 3.63) is 82.8 Å². The number of rotatable bonds is 12. The number of halogens is 1. The highest BCUT2D eigenvalue weighted by atomic mass is 35.5. The van der Waals surface area contributed by atoms with E-state index in [9.17, 15) is 9.59 Å². The summed E-state index contributed by atoms with van der Waals surface area (Å²) in [5, 5.41) is 0.624. The van der Waals surface area contributed by atoms with E-state index in [2.05, 4.69) is 11.9 Å². The maximum atomic E-state index is 13.7. The Labute approximate surface area is 212 Å². The quantitative estimate of drug-likeness (QED) is 0.226. The summed E-state index contributed by atoms with van der Waals surface area (Å²) in [4.78, 5) is 31.4. The van der Waals surface area contributed by atoms with E-state index in [0.717, 1.165) is 36.2 Å². The van der Waals surface area contributed by atoms with E-state index in [1.165, 1.54) is 0 Å². The molecule has 35 heavy (non-hydrogen) atoms. The lowest BCUT2D eigenvalue weighted by atomic mass is 9.79. The molecule has 0 spiro atoms. The molecule has 0 bridgehead atoms. The Hall–Kier alpha value is -3.12. The monoisotopic (exact) mass is 496 g/mol. The third-order valence-electron chi connectivity index (χ3n) is 6.15. The zero-order chi connectivity index (χ0) is 25.3. The highest BCUT2D eigenvalue weighted by Crippen LogP contribution is 2.33. The van der Waals surface area contributed by atoms with Crippen molar-refractivity contribution in [3.63, 3.8) is 0 Å². The normalized spacial score (nSPS) is 12.7. The number of unbranched alkanes of at least 4 members (excludes halogenated alkanes) is 1. The molecule has 186 valence electrons. The first-order valence-electron chi connectivity index (χ1n) is 12.2. The van der Waals surface area contributed by atoms with Crippen molar-refractivity contribution in [1.29, 1.82) is 0 Å². The molecule has 3 rings (SSSR count). The van der Waals surface area contributed by atoms with Gasteiger partial charge >= 0.3 is 11.9 Å². The molecule has 1 atom stereocenters. The minimum atomic E-state index is -1.47. The van der Waals surface area contributed by atoms with Gasteiger partial charge in [0.2, 0.25) is 5.88 Å². The van der Waals surface area contributed by atoms with Gasteiger partial charge in [0.1, 0.15) is 5.82 Å². The molecular formula is C28H33ClN2O4. The maximum Gasteiger partial charge on any atom is 0.330 e. The predicted molar refractivity (Wildman–Crippen MR) is 137 cm³/mol. The van der Waals surface area contributed by atoms with Crippen LogP contribution in [-0.2, 0) is 33.7 Å². The zero-order valence-corrected chi connectivity index (χ0v) is 21.4. The molecule has 2 aromatic carbocycles. The highest BCUT2D eigenvalue weighted by molar-refractivity contribution is 6.31. The van der Waals surface area contributed by atoms with Gasteiger partial charge in [-0.25, -0.2) is 4.98 Å². The largest absolute Gasteiger partial charge is 0.465 e. The Balaban J connectivity index is 1.97. The zero-order valence-electron chi connectivity index (χ0n) is 20.6. The van der Waals surface area contributed by atoms with Crippen molar-refractivity contribution >= 4 is 23.5 Å². The van der Waals surface area contributed by atoms with Crippen LogP contribution in [0, 0.1) is 5.41 Å². The molecule has 1 unspecified atom stereocenters. The first-order chi connectivity index (χ1) is 16.9. The van der Waals surface area contributed by atoms with Crippen LogP contribution in [0.1, 0.15) is 57.0 Å². The van der Waals surface area contributed by atoms with Crippen LogP contribution in [0.15, 0.2) is 60.8 Å². The summed E-state index contributed by atoms with van der Waals surface area (Å²) < 4.78 is 13.1. The summed E-state index contributed by atoms with van der Waals surface area (Å²) in [7, 11) is 0. The molecule has 0 aliphatic carbocycles. The van der Waals surface area contributed by atoms with Gasteiger partial charge in [0, 0.05) is 11.4 Å². The van der Waals surface area contributed by atoms with Gasteiger partial charge in [-0.3, -0.25) is 14.2 Å². The Morgan fingerprint density at radius 1 is 1.00 bits per heavy atom. The fraction of sp³-hybridized carbons (Fsp3) is 0.393. The third kappa shape index (κ3) is 6.31. The first kappa shape index (κ1) is 26.5. The number of hydrogen-bond donors (Lipinski definition) is 0. The molecular weight excluding hydrogens is 464 g/mol. The third-order valence-corrected chi connectivity index (χ3v) is 6.52. The molecule has 0 saturated carbocycles. The van der Waals surface area contributed by atoms with Crippen LogP contribution in [0.5, 0.6) is 5.88 Å². The average molecular weight is 497 g/mol. The lowest BCUT2D eigenvalue weighted by Gasteiger charge is -2.28. The molecule has 0 aliphatic heterocycles. The second-order valence-corrected chi connectivity index (χ2v) is 8.91. The number of esters is 2. The molecule has 6 nitrogen and oxygen atoms in total. The SMILES string of the molecule is CCCCc1ncc(OC(=O)C(CC)(Cc2ccccc2)C(=O)OCC)n1Cc1ccccc1Cl. The Morgan fingerprint density at radius 3 is 2.37 bits per heavy atom. The van der Waals surface area contributed by atoms with Gasteiger partial charge in [0.05, 0.1) is 19.3 Å². The van der Waals surface area contributed by atoms with E-state index in [4.69, 9.17) is 21.1 Å². The number of nitrogens with zero attached hydrogens (tertiary/aromatic N) is 2. The Morgan fingerprint density at radius 2 is 1.71 bits per heavy atom. The molecule has 0 aliphatic rings. The highest BCUT2D eigenvalue weighted by Gasteiger charge is 2.48. The van der Waals surface area contributed by atoms with Gasteiger partial charge in [-0.1, -0.05) is 80.4 Å². The molecule has 7 heteroatoms. The second-order valence-electron chi connectivity index (χ2n) is 8.50. The standard InChI is InChI=1S/C28H33ClN2O4/c1-4-7-17-24-30-19-25(31(24)20-22-15-11-12-16-23(22)29)35-27(33)28(5-2,26(32)34-6-3)18-21-13-9-8-10-14-21/h8-16,19H,4-7,17-18,20H2,1-3H3. The molecule has 1 aromatic heterocycles. The summed E-state index contributed by atoms with van der Waals surface area (Å²) in [5.74, 6) is -0.142. The van der Waals surface area contributed by atoms with Crippen molar-refractivity contribution in [2.24, 2.45) is 5.41 Å². The van der Waals surface area contributed by atoms with Crippen molar-refractivity contribution < 1.29 is 19.1 Å². The van der Waals surface area contributed by atoms with Gasteiger partial charge in [-0.05, 0) is 43.4 Å². The van der Waals surface area contributed by atoms with Gasteiger partial charge < -0.3 is 9.47 Å². The lowest BCUT2D eigenvalue weighted by Crippen LogP contribution is -2.45. The number of aromatic nitrogens is 2. The molecule has 0 N–H and O–H groups in total. The van der Waals surface area contributed by atoms with Crippen LogP contribution in [0.4, 0.5) is 0 Å². The fourth-order valence-corrected chi connectivity index (χ4v) is 4.22. The Kier molecular flexibility index (Phi) is 9.49. The van der Waals surface area contributed by atoms with Gasteiger partial charge in [0.25, 0.3) is 0 Å². The summed E-state index contributed by atoms with van der Waals surface area (Å²) in [6.07, 6.45) is 4.66. The minimum absolute atomic E-state index is 0.175. The number of hydrogen-bond acceptors (Lipinski definition) is 5. The van der Waals surface area contributed by atoms with E-state index < -0.39 is 17.4 Å². The molecule has 0 radical (unpaired) electrons. The van der Waals surface area contributed by atoms with Gasteiger partial charge in [-0.2, -0.15) is 0 Å². The predicted octanol–water partition coefficient (Wildman–Crippen LogP) is 6.04. The van der Waals surface area contributed by atoms with E-state index in [1.54, 1.807) is 20.0 Å². The number of ether oxygens (including phenoxy) is 2. The van der Waals surface area contributed by atoms with Crippen LogP contribution in [0.25, 0.3) is 0 Å². The number of carbonyl (C=O) groups excluding carboxylic acids is 2. The summed E-state index contributed by atoms with van der Waals surface area (Å²) in [6.45, 7) is 6.22. The first-order valence-corrected chi connectivity index (χ1v) is 12.5. The van der Waals surface area contributed by atoms with Gasteiger partial charge in [0.15, 0.2) is 5.41 Å². The van der Waals surface area contributed by atoms with E-state index in [1.807, 2.05) is 59.2 Å². The average Bonchev–Trinajstić information content (AvgIpc) is 3.24. The van der Waals surface area contributed by atoms with Crippen molar-refractivity contribution in [2.75, 3.05) is 6.61 Å². The number of carbonyl (C=O) groups is 2. The van der Waals surface area contributed by atoms with Crippen LogP contribution in [0.2, 0.25) is 5.02 Å². The maximum absolute atomic E-state index is 13.7. The summed E-state index contributed by atoms with van der Waals surface area (Å²) >= 11 is 6.41. The minimum Gasteiger partial charge on any atom is -0.465 e. The van der Waals surface area contributed by atoms with Crippen LogP contribution in [0.3, 0.4) is 0 Å². The molecule has 1 heterocycles. The Bertz CT molecular complexity index is 1130. The van der Waals surface area contributed by atoms with E-state index >= 15 is 0 Å². The number of benzene rings is 2. The molecule has 0 saturated heterocycles.